The summed E-state index contributed by atoms with van der Waals surface area (Å²) < 4.78 is 5.02. The first-order valence-electron chi connectivity index (χ1n) is 8.35. The van der Waals surface area contributed by atoms with E-state index in [1.54, 1.807) is 4.90 Å². The summed E-state index contributed by atoms with van der Waals surface area (Å²) in [6, 6.07) is 9.27. The number of carbonyl (C=O) groups excluding carboxylic acids is 2. The van der Waals surface area contributed by atoms with E-state index < -0.39 is 5.97 Å². The summed E-state index contributed by atoms with van der Waals surface area (Å²) in [5.74, 6) is -0.981. The van der Waals surface area contributed by atoms with Gasteiger partial charge in [0.05, 0.1) is 0 Å². The lowest BCUT2D eigenvalue weighted by atomic mass is 10.1. The van der Waals surface area contributed by atoms with Gasteiger partial charge >= 0.3 is 5.97 Å². The number of esters is 1. The molecule has 1 aromatic carbocycles. The molecular formula is C19H23N3O3. The number of likely N-dealkylation sites (tertiary alicyclic amines) is 1. The Bertz CT molecular complexity index is 681. The molecule has 0 N–H and O–H groups in total. The van der Waals surface area contributed by atoms with Crippen molar-refractivity contribution >= 4 is 23.6 Å². The van der Waals surface area contributed by atoms with Crippen molar-refractivity contribution in [2.24, 2.45) is 0 Å². The highest BCUT2D eigenvalue weighted by Gasteiger charge is 2.19. The molecule has 0 aromatic heterocycles. The molecule has 1 fully saturated rings. The maximum absolute atomic E-state index is 12.0. The Morgan fingerprint density at radius 1 is 1.20 bits per heavy atom. The Balaban J connectivity index is 1.95. The van der Waals surface area contributed by atoms with Gasteiger partial charge in [-0.3, -0.25) is 4.79 Å². The fourth-order valence-corrected chi connectivity index (χ4v) is 2.61. The molecule has 2 rings (SSSR count). The molecule has 1 heterocycles. The number of benzene rings is 1. The van der Waals surface area contributed by atoms with Crippen LogP contribution in [0.3, 0.4) is 0 Å². The van der Waals surface area contributed by atoms with Crippen molar-refractivity contribution in [3.8, 4) is 6.07 Å². The van der Waals surface area contributed by atoms with E-state index >= 15 is 0 Å². The van der Waals surface area contributed by atoms with Gasteiger partial charge in [-0.05, 0) is 43.0 Å². The lowest BCUT2D eigenvalue weighted by molar-refractivity contribution is -0.149. The molecule has 132 valence electrons. The number of piperidine rings is 1. The van der Waals surface area contributed by atoms with E-state index in [-0.39, 0.29) is 18.1 Å². The molecule has 1 amide bonds. The number of nitrogens with zero attached hydrogens (tertiary/aromatic N) is 3. The first-order chi connectivity index (χ1) is 12.0. The molecule has 1 aromatic rings. The number of hydrogen-bond donors (Lipinski definition) is 0. The Morgan fingerprint density at radius 2 is 1.84 bits per heavy atom. The number of anilines is 1. The minimum Gasteiger partial charge on any atom is -0.451 e. The molecule has 6 heteroatoms. The van der Waals surface area contributed by atoms with Crippen LogP contribution in [0.1, 0.15) is 24.8 Å². The smallest absolute Gasteiger partial charge is 0.349 e. The fourth-order valence-electron chi connectivity index (χ4n) is 2.61. The number of carbonyl (C=O) groups is 2. The lowest BCUT2D eigenvalue weighted by Gasteiger charge is -2.26. The summed E-state index contributed by atoms with van der Waals surface area (Å²) in [5, 5.41) is 9.19. The van der Waals surface area contributed by atoms with Crippen LogP contribution in [0.2, 0.25) is 0 Å². The molecule has 0 unspecified atom stereocenters. The standard InChI is InChI=1S/C19H23N3O3/c1-21(2)17-8-6-15(7-9-17)12-16(13-20)19(24)25-14-18(23)22-10-4-3-5-11-22/h6-9,12H,3-5,10-11,14H2,1-2H3. The second-order valence-electron chi connectivity index (χ2n) is 6.17. The Kier molecular flexibility index (Phi) is 6.58. The van der Waals surface area contributed by atoms with Gasteiger partial charge in [0, 0.05) is 32.9 Å². The van der Waals surface area contributed by atoms with Crippen LogP contribution >= 0.6 is 0 Å². The average molecular weight is 341 g/mol. The molecule has 0 spiro atoms. The van der Waals surface area contributed by atoms with Gasteiger partial charge < -0.3 is 14.5 Å². The topological polar surface area (TPSA) is 73.6 Å². The Labute approximate surface area is 148 Å². The van der Waals surface area contributed by atoms with Gasteiger partial charge in [0.2, 0.25) is 0 Å². The van der Waals surface area contributed by atoms with Crippen LogP contribution in [0, 0.1) is 11.3 Å². The minimum absolute atomic E-state index is 0.121. The predicted octanol–water partition coefficient (Wildman–Crippen LogP) is 2.22. The highest BCUT2D eigenvalue weighted by molar-refractivity contribution is 5.98. The summed E-state index contributed by atoms with van der Waals surface area (Å²) in [5.41, 5.74) is 1.62. The van der Waals surface area contributed by atoms with Crippen LogP contribution < -0.4 is 4.90 Å². The molecule has 0 bridgehead atoms. The molecule has 0 atom stereocenters. The van der Waals surface area contributed by atoms with E-state index in [2.05, 4.69) is 0 Å². The normalized spacial score (nSPS) is 14.6. The zero-order valence-electron chi connectivity index (χ0n) is 14.7. The van der Waals surface area contributed by atoms with Crippen molar-refractivity contribution in [1.82, 2.24) is 4.90 Å². The number of rotatable bonds is 5. The molecule has 0 aliphatic carbocycles. The van der Waals surface area contributed by atoms with Crippen LogP contribution in [-0.2, 0) is 14.3 Å². The van der Waals surface area contributed by atoms with Gasteiger partial charge in [-0.2, -0.15) is 5.26 Å². The highest BCUT2D eigenvalue weighted by atomic mass is 16.5. The average Bonchev–Trinajstić information content (AvgIpc) is 2.64. The molecule has 1 aliphatic rings. The monoisotopic (exact) mass is 341 g/mol. The quantitative estimate of drug-likeness (QED) is 0.466. The maximum atomic E-state index is 12.0. The van der Waals surface area contributed by atoms with Crippen molar-refractivity contribution in [3.63, 3.8) is 0 Å². The number of amides is 1. The molecule has 1 saturated heterocycles. The number of hydrogen-bond acceptors (Lipinski definition) is 5. The third-order valence-corrected chi connectivity index (χ3v) is 4.10. The van der Waals surface area contributed by atoms with Crippen LogP contribution in [0.15, 0.2) is 29.8 Å². The number of ether oxygens (including phenoxy) is 1. The van der Waals surface area contributed by atoms with Crippen LogP contribution in [0.4, 0.5) is 5.69 Å². The highest BCUT2D eigenvalue weighted by Crippen LogP contribution is 2.15. The SMILES string of the molecule is CN(C)c1ccc(C=C(C#N)C(=O)OCC(=O)N2CCCCC2)cc1. The van der Waals surface area contributed by atoms with E-state index in [0.29, 0.717) is 13.1 Å². The van der Waals surface area contributed by atoms with Crippen molar-refractivity contribution in [1.29, 1.82) is 5.26 Å². The molecular weight excluding hydrogens is 318 g/mol. The van der Waals surface area contributed by atoms with Crippen molar-refractivity contribution in [2.45, 2.75) is 19.3 Å². The molecule has 0 radical (unpaired) electrons. The van der Waals surface area contributed by atoms with Crippen LogP contribution in [-0.4, -0.2) is 50.6 Å². The third kappa shape index (κ3) is 5.35. The third-order valence-electron chi connectivity index (χ3n) is 4.10. The zero-order valence-corrected chi connectivity index (χ0v) is 14.7. The summed E-state index contributed by atoms with van der Waals surface area (Å²) in [4.78, 5) is 27.7. The first kappa shape index (κ1) is 18.5. The van der Waals surface area contributed by atoms with Crippen molar-refractivity contribution in [3.05, 3.63) is 35.4 Å². The number of nitriles is 1. The molecule has 1 aliphatic heterocycles. The molecule has 6 nitrogen and oxygen atoms in total. The van der Waals surface area contributed by atoms with Gasteiger partial charge in [0.25, 0.3) is 5.91 Å². The Hall–Kier alpha value is -2.81. The summed E-state index contributed by atoms with van der Waals surface area (Å²) in [7, 11) is 3.87. The maximum Gasteiger partial charge on any atom is 0.349 e. The van der Waals surface area contributed by atoms with Crippen molar-refractivity contribution in [2.75, 3.05) is 38.7 Å². The van der Waals surface area contributed by atoms with Gasteiger partial charge in [-0.1, -0.05) is 12.1 Å². The second-order valence-corrected chi connectivity index (χ2v) is 6.17. The van der Waals surface area contributed by atoms with Gasteiger partial charge in [-0.15, -0.1) is 0 Å². The summed E-state index contributed by atoms with van der Waals surface area (Å²) in [6.45, 7) is 1.09. The predicted molar refractivity (Wildman–Crippen MR) is 95.7 cm³/mol. The summed E-state index contributed by atoms with van der Waals surface area (Å²) >= 11 is 0. The zero-order chi connectivity index (χ0) is 18.2. The first-order valence-corrected chi connectivity index (χ1v) is 8.35. The van der Waals surface area contributed by atoms with E-state index in [9.17, 15) is 14.9 Å². The fraction of sp³-hybridized carbons (Fsp3) is 0.421. The largest absolute Gasteiger partial charge is 0.451 e. The van der Waals surface area contributed by atoms with Gasteiger partial charge in [0.1, 0.15) is 11.6 Å². The van der Waals surface area contributed by atoms with Crippen LogP contribution in [0.5, 0.6) is 0 Å². The molecule has 25 heavy (non-hydrogen) atoms. The summed E-state index contributed by atoms with van der Waals surface area (Å²) in [6.07, 6.45) is 4.54. The second kappa shape index (κ2) is 8.88. The van der Waals surface area contributed by atoms with Gasteiger partial charge in [0.15, 0.2) is 6.61 Å². The minimum atomic E-state index is -0.774. The van der Waals surface area contributed by atoms with Crippen molar-refractivity contribution < 1.29 is 14.3 Å². The molecule has 0 saturated carbocycles. The van der Waals surface area contributed by atoms with Crippen LogP contribution in [0.25, 0.3) is 6.08 Å². The Morgan fingerprint density at radius 3 is 2.40 bits per heavy atom. The van der Waals surface area contributed by atoms with E-state index in [1.165, 1.54) is 6.08 Å². The van der Waals surface area contributed by atoms with E-state index in [0.717, 1.165) is 30.5 Å². The van der Waals surface area contributed by atoms with E-state index in [1.807, 2.05) is 49.3 Å². The lowest BCUT2D eigenvalue weighted by Crippen LogP contribution is -2.38. The van der Waals surface area contributed by atoms with Gasteiger partial charge in [-0.25, -0.2) is 4.79 Å². The van der Waals surface area contributed by atoms with E-state index in [4.69, 9.17) is 4.74 Å².